The smallest absolute Gasteiger partial charge is 0.320 e. The number of nitrogen functional groups attached to an aromatic ring is 1. The van der Waals surface area contributed by atoms with Crippen molar-refractivity contribution in [1.82, 2.24) is 10.3 Å². The van der Waals surface area contributed by atoms with Crippen LogP contribution in [-0.2, 0) is 7.05 Å². The van der Waals surface area contributed by atoms with E-state index in [1.807, 2.05) is 61.5 Å². The van der Waals surface area contributed by atoms with Gasteiger partial charge in [-0.3, -0.25) is 4.52 Å². The van der Waals surface area contributed by atoms with Gasteiger partial charge in [0.05, 0.1) is 23.4 Å². The molecule has 0 unspecified atom stereocenters. The minimum absolute atomic E-state index is 0.106. The maximum absolute atomic E-state index is 13.0. The van der Waals surface area contributed by atoms with Crippen LogP contribution >= 0.6 is 11.3 Å². The van der Waals surface area contributed by atoms with Gasteiger partial charge in [-0.1, -0.05) is 34.5 Å². The predicted molar refractivity (Wildman–Crippen MR) is 130 cm³/mol. The van der Waals surface area contributed by atoms with Gasteiger partial charge in [0.2, 0.25) is 0 Å². The zero-order chi connectivity index (χ0) is 23.8. The first-order valence-corrected chi connectivity index (χ1v) is 11.3. The molecule has 0 atom stereocenters. The minimum atomic E-state index is -0.502. The molecule has 3 aromatic heterocycles. The fourth-order valence-corrected chi connectivity index (χ4v) is 4.67. The fourth-order valence-electron chi connectivity index (χ4n) is 3.66. The summed E-state index contributed by atoms with van der Waals surface area (Å²) in [5.74, 6) is 0.368. The molecule has 0 saturated carbocycles. The van der Waals surface area contributed by atoms with Gasteiger partial charge in [0.25, 0.3) is 6.20 Å². The van der Waals surface area contributed by atoms with Crippen LogP contribution in [0.5, 0.6) is 5.75 Å². The van der Waals surface area contributed by atoms with Crippen LogP contribution in [0.4, 0.5) is 11.6 Å². The van der Waals surface area contributed by atoms with E-state index in [2.05, 4.69) is 10.3 Å². The van der Waals surface area contributed by atoms with Crippen molar-refractivity contribution in [2.45, 2.75) is 6.92 Å². The first kappa shape index (κ1) is 21.6. The molecule has 8 nitrogen and oxygen atoms in total. The largest absolute Gasteiger partial charge is 0.857 e. The van der Waals surface area contributed by atoms with Crippen molar-refractivity contribution in [3.05, 3.63) is 71.2 Å². The number of aryl methyl sites for hydroxylation is 2. The Morgan fingerprint density at radius 3 is 2.47 bits per heavy atom. The summed E-state index contributed by atoms with van der Waals surface area (Å²) in [7, 11) is 3.31. The summed E-state index contributed by atoms with van der Waals surface area (Å²) in [4.78, 5) is 9.83. The van der Waals surface area contributed by atoms with Gasteiger partial charge < -0.3 is 15.6 Å². The minimum Gasteiger partial charge on any atom is -0.857 e. The summed E-state index contributed by atoms with van der Waals surface area (Å²) >= 11 is 1.21. The number of ether oxygens (including phenoxy) is 1. The summed E-state index contributed by atoms with van der Waals surface area (Å²) in [5.41, 5.74) is 11.6. The van der Waals surface area contributed by atoms with Crippen LogP contribution in [0.25, 0.3) is 32.6 Å². The molecule has 0 saturated heterocycles. The number of nitrogens with two attached hydrogens (primary N) is 1. The number of nitrogens with zero attached hydrogens (tertiary/aromatic N) is 4. The highest BCUT2D eigenvalue weighted by molar-refractivity contribution is 7.21. The maximum Gasteiger partial charge on any atom is 0.320 e. The first-order valence-electron chi connectivity index (χ1n) is 10.5. The number of aromatic nitrogens is 3. The molecular weight excluding hydrogens is 450 g/mol. The number of thiophene rings is 1. The molecule has 9 heteroatoms. The van der Waals surface area contributed by atoms with Crippen molar-refractivity contribution in [2.75, 3.05) is 12.8 Å². The van der Waals surface area contributed by atoms with Gasteiger partial charge in [0, 0.05) is 16.8 Å². The molecule has 0 radical (unpaired) electrons. The summed E-state index contributed by atoms with van der Waals surface area (Å²) in [5, 5.41) is 17.4. The van der Waals surface area contributed by atoms with Crippen LogP contribution in [0.3, 0.4) is 0 Å². The molecule has 5 rings (SSSR count). The predicted octanol–water partition coefficient (Wildman–Crippen LogP) is 3.78. The Balaban J connectivity index is 1.72. The van der Waals surface area contributed by atoms with E-state index in [1.54, 1.807) is 14.2 Å². The molecule has 2 aromatic carbocycles. The van der Waals surface area contributed by atoms with Gasteiger partial charge in [-0.25, -0.2) is 9.98 Å². The number of hydrogen-bond donors (Lipinski definition) is 1. The fraction of sp³-hybridized carbons (Fsp3) is 0.120. The van der Waals surface area contributed by atoms with E-state index in [4.69, 9.17) is 20.0 Å². The average molecular weight is 472 g/mol. The number of fused-ring (bicyclic) bond motifs is 1. The van der Waals surface area contributed by atoms with E-state index in [0.717, 1.165) is 39.1 Å². The quantitative estimate of drug-likeness (QED) is 0.237. The van der Waals surface area contributed by atoms with E-state index >= 15 is 0 Å². The second-order valence-electron chi connectivity index (χ2n) is 7.81. The monoisotopic (exact) mass is 471 g/mol. The lowest BCUT2D eigenvalue weighted by molar-refractivity contribution is -0.739. The molecule has 0 fully saturated rings. The topological polar surface area (TPSA) is 113 Å². The number of hydrogen-bond acceptors (Lipinski definition) is 8. The van der Waals surface area contributed by atoms with Gasteiger partial charge in [0.1, 0.15) is 10.6 Å². The lowest BCUT2D eigenvalue weighted by atomic mass is 9.98. The highest BCUT2D eigenvalue weighted by atomic mass is 32.1. The SMILES string of the molecule is COc1ccc(-c2cc(-c3ccc(C)cc3)c3c(N)c(/C([O-])=N/c4c[n+](C)no4)sc3n2)cc1. The van der Waals surface area contributed by atoms with Gasteiger partial charge in [-0.2, -0.15) is 0 Å². The molecule has 3 heterocycles. The van der Waals surface area contributed by atoms with Crippen molar-refractivity contribution in [2.24, 2.45) is 12.0 Å². The van der Waals surface area contributed by atoms with Gasteiger partial charge >= 0.3 is 5.88 Å². The van der Waals surface area contributed by atoms with Crippen molar-refractivity contribution in [1.29, 1.82) is 0 Å². The van der Waals surface area contributed by atoms with E-state index in [-0.39, 0.29) is 5.88 Å². The van der Waals surface area contributed by atoms with Gasteiger partial charge in [-0.05, 0) is 48.4 Å². The Bertz CT molecular complexity index is 1520. The Morgan fingerprint density at radius 2 is 1.82 bits per heavy atom. The Morgan fingerprint density at radius 1 is 1.12 bits per heavy atom. The zero-order valence-electron chi connectivity index (χ0n) is 18.8. The maximum atomic E-state index is 13.0. The lowest BCUT2D eigenvalue weighted by Gasteiger charge is -2.10. The molecule has 0 aliphatic rings. The standard InChI is InChI=1S/C25H21N5O3S/c1-14-4-6-15(7-5-14)18-12-19(16-8-10-17(32-3)11-9-16)27-25-21(18)22(26)23(34-25)24(31)28-20-13-30(2)29-33-20/h4-13H,1-3H3,(H2-,26,28,29,31). The van der Waals surface area contributed by atoms with Crippen LogP contribution in [-0.4, -0.2) is 23.3 Å². The van der Waals surface area contributed by atoms with Crippen molar-refractivity contribution in [3.63, 3.8) is 0 Å². The third kappa shape index (κ3) is 3.97. The number of pyridine rings is 1. The average Bonchev–Trinajstić information content (AvgIpc) is 3.41. The molecule has 0 amide bonds. The number of aliphatic imine (C=N–C) groups is 1. The second kappa shape index (κ2) is 8.60. The number of rotatable bonds is 5. The van der Waals surface area contributed by atoms with E-state index in [0.29, 0.717) is 15.4 Å². The summed E-state index contributed by atoms with van der Waals surface area (Å²) in [6.07, 6.45) is 1.51. The normalized spacial score (nSPS) is 11.8. The second-order valence-corrected chi connectivity index (χ2v) is 8.80. The van der Waals surface area contributed by atoms with Crippen LogP contribution in [0.15, 0.2) is 70.3 Å². The van der Waals surface area contributed by atoms with Crippen LogP contribution in [0.2, 0.25) is 0 Å². The van der Waals surface area contributed by atoms with Gasteiger partial charge in [-0.15, -0.1) is 11.3 Å². The number of methoxy groups -OCH3 is 1. The van der Waals surface area contributed by atoms with Crippen molar-refractivity contribution in [3.8, 4) is 28.1 Å². The lowest BCUT2D eigenvalue weighted by Crippen LogP contribution is -2.27. The highest BCUT2D eigenvalue weighted by Crippen LogP contribution is 2.41. The third-order valence-electron chi connectivity index (χ3n) is 5.41. The molecular formula is C25H21N5O3S. The molecule has 170 valence electrons. The summed E-state index contributed by atoms with van der Waals surface area (Å²) in [6.45, 7) is 2.04. The molecule has 34 heavy (non-hydrogen) atoms. The molecule has 0 aliphatic heterocycles. The Labute approximate surface area is 199 Å². The molecule has 2 N–H and O–H groups in total. The Kier molecular flexibility index (Phi) is 5.46. The summed E-state index contributed by atoms with van der Waals surface area (Å²) < 4.78 is 11.7. The summed E-state index contributed by atoms with van der Waals surface area (Å²) in [6, 6.07) is 17.9. The van der Waals surface area contributed by atoms with Crippen LogP contribution in [0, 0.1) is 6.92 Å². The molecule has 5 aromatic rings. The van der Waals surface area contributed by atoms with E-state index in [9.17, 15) is 5.11 Å². The van der Waals surface area contributed by atoms with Crippen LogP contribution in [0.1, 0.15) is 10.4 Å². The van der Waals surface area contributed by atoms with Crippen LogP contribution < -0.4 is 20.3 Å². The van der Waals surface area contributed by atoms with Crippen molar-refractivity contribution < 1.29 is 19.0 Å². The van der Waals surface area contributed by atoms with Crippen molar-refractivity contribution >= 4 is 39.0 Å². The van der Waals surface area contributed by atoms with E-state index < -0.39 is 5.90 Å². The highest BCUT2D eigenvalue weighted by Gasteiger charge is 2.19. The Hall–Kier alpha value is -4.24. The zero-order valence-corrected chi connectivity index (χ0v) is 19.6. The van der Waals surface area contributed by atoms with Gasteiger partial charge in [0.15, 0.2) is 12.3 Å². The molecule has 0 aliphatic carbocycles. The first-order chi connectivity index (χ1) is 16.4. The number of benzene rings is 2. The number of anilines is 1. The molecule has 0 spiro atoms. The third-order valence-corrected chi connectivity index (χ3v) is 6.50. The van der Waals surface area contributed by atoms with E-state index in [1.165, 1.54) is 22.2 Å². The molecule has 0 bridgehead atoms.